The molecule has 3 aromatic rings. The van der Waals surface area contributed by atoms with Crippen molar-refractivity contribution in [3.8, 4) is 0 Å². The monoisotopic (exact) mass is 395 g/mol. The summed E-state index contributed by atoms with van der Waals surface area (Å²) in [6.45, 7) is 3.45. The first kappa shape index (κ1) is 18.1. The zero-order chi connectivity index (χ0) is 19.1. The zero-order valence-electron chi connectivity index (χ0n) is 14.0. The van der Waals surface area contributed by atoms with Gasteiger partial charge in [-0.15, -0.1) is 5.10 Å². The molecular weight excluding hydrogens is 382 g/mol. The van der Waals surface area contributed by atoms with E-state index in [1.165, 1.54) is 29.8 Å². The number of carbonyl (C=O) groups is 1. The van der Waals surface area contributed by atoms with Gasteiger partial charge in [0.1, 0.15) is 5.82 Å². The van der Waals surface area contributed by atoms with Gasteiger partial charge in [-0.3, -0.25) is 4.72 Å². The van der Waals surface area contributed by atoms with E-state index in [2.05, 4.69) is 24.5 Å². The van der Waals surface area contributed by atoms with Crippen LogP contribution in [0.4, 0.5) is 5.69 Å². The van der Waals surface area contributed by atoms with Gasteiger partial charge in [0, 0.05) is 11.8 Å². The van der Waals surface area contributed by atoms with Crippen LogP contribution in [0.15, 0.2) is 29.4 Å². The van der Waals surface area contributed by atoms with Crippen LogP contribution in [0, 0.1) is 13.8 Å². The first-order valence-electron chi connectivity index (χ1n) is 7.33. The predicted molar refractivity (Wildman–Crippen MR) is 93.9 cm³/mol. The van der Waals surface area contributed by atoms with Crippen molar-refractivity contribution in [3.05, 3.63) is 46.4 Å². The maximum atomic E-state index is 12.7. The van der Waals surface area contributed by atoms with Crippen LogP contribution in [0.2, 0.25) is 5.02 Å². The van der Waals surface area contributed by atoms with Crippen LogP contribution >= 0.6 is 11.6 Å². The summed E-state index contributed by atoms with van der Waals surface area (Å²) in [6, 6.07) is 5.95. The van der Waals surface area contributed by atoms with Crippen molar-refractivity contribution in [2.24, 2.45) is 0 Å². The van der Waals surface area contributed by atoms with Crippen molar-refractivity contribution in [3.63, 3.8) is 0 Å². The Bertz CT molecular complexity index is 1130. The standard InChI is InChI=1S/C15H14ClN5O4S/c1-8-7-12-18-15(19-21(12)9(2)17-8)26(23,24)20-13-10(14(22)25-3)5-4-6-11(13)16/h4-7,20H,1-3H3. The Kier molecular flexibility index (Phi) is 4.55. The molecule has 0 aliphatic rings. The van der Waals surface area contributed by atoms with E-state index in [0.717, 1.165) is 0 Å². The molecule has 9 nitrogen and oxygen atoms in total. The smallest absolute Gasteiger partial charge is 0.340 e. The number of hydrogen-bond acceptors (Lipinski definition) is 7. The number of hydrogen-bond donors (Lipinski definition) is 1. The van der Waals surface area contributed by atoms with E-state index in [1.807, 2.05) is 0 Å². The summed E-state index contributed by atoms with van der Waals surface area (Å²) in [5, 5.41) is 3.55. The maximum Gasteiger partial charge on any atom is 0.340 e. The minimum atomic E-state index is -4.20. The molecule has 1 aromatic carbocycles. The molecule has 0 unspecified atom stereocenters. The second kappa shape index (κ2) is 6.54. The van der Waals surface area contributed by atoms with Crippen molar-refractivity contribution in [2.75, 3.05) is 11.8 Å². The van der Waals surface area contributed by atoms with Gasteiger partial charge >= 0.3 is 5.97 Å². The number of rotatable bonds is 4. The number of halogens is 1. The summed E-state index contributed by atoms with van der Waals surface area (Å²) >= 11 is 6.06. The molecule has 3 rings (SSSR count). The molecule has 2 heterocycles. The minimum Gasteiger partial charge on any atom is -0.465 e. The molecule has 136 valence electrons. The van der Waals surface area contributed by atoms with E-state index in [1.54, 1.807) is 19.9 Å². The Morgan fingerprint density at radius 3 is 2.69 bits per heavy atom. The highest BCUT2D eigenvalue weighted by Crippen LogP contribution is 2.28. The molecule has 1 N–H and O–H groups in total. The third-order valence-corrected chi connectivity index (χ3v) is 4.93. The fraction of sp³-hybridized carbons (Fsp3) is 0.200. The molecule has 0 aliphatic heterocycles. The molecule has 0 saturated carbocycles. The zero-order valence-corrected chi connectivity index (χ0v) is 15.6. The van der Waals surface area contributed by atoms with Gasteiger partial charge in [-0.05, 0) is 26.0 Å². The van der Waals surface area contributed by atoms with Crippen molar-refractivity contribution in [1.29, 1.82) is 0 Å². The highest BCUT2D eigenvalue weighted by molar-refractivity contribution is 7.92. The molecular formula is C15H14ClN5O4S. The fourth-order valence-electron chi connectivity index (χ4n) is 2.36. The summed E-state index contributed by atoms with van der Waals surface area (Å²) in [5.41, 5.74) is 0.882. The second-order valence-corrected chi connectivity index (χ2v) is 7.35. The van der Waals surface area contributed by atoms with Crippen LogP contribution in [-0.4, -0.2) is 41.1 Å². The number of benzene rings is 1. The molecule has 0 radical (unpaired) electrons. The maximum absolute atomic E-state index is 12.7. The molecule has 0 amide bonds. The van der Waals surface area contributed by atoms with Crippen molar-refractivity contribution in [1.82, 2.24) is 19.6 Å². The van der Waals surface area contributed by atoms with Crippen LogP contribution in [0.5, 0.6) is 0 Å². The van der Waals surface area contributed by atoms with Gasteiger partial charge in [0.15, 0.2) is 5.65 Å². The van der Waals surface area contributed by atoms with Crippen molar-refractivity contribution >= 4 is 38.9 Å². The number of anilines is 1. The van der Waals surface area contributed by atoms with E-state index in [9.17, 15) is 13.2 Å². The lowest BCUT2D eigenvalue weighted by Crippen LogP contribution is -2.18. The summed E-state index contributed by atoms with van der Waals surface area (Å²) in [5.74, 6) is -0.245. The number of methoxy groups -OCH3 is 1. The van der Waals surface area contributed by atoms with Gasteiger partial charge in [-0.25, -0.2) is 9.78 Å². The summed E-state index contributed by atoms with van der Waals surface area (Å²) in [4.78, 5) is 20.1. The number of para-hydroxylation sites is 1. The number of aryl methyl sites for hydroxylation is 2. The lowest BCUT2D eigenvalue weighted by atomic mass is 10.2. The number of carbonyl (C=O) groups excluding carboxylic acids is 1. The van der Waals surface area contributed by atoms with Gasteiger partial charge in [0.2, 0.25) is 0 Å². The quantitative estimate of drug-likeness (QED) is 0.671. The van der Waals surface area contributed by atoms with Gasteiger partial charge in [0.25, 0.3) is 15.2 Å². The van der Waals surface area contributed by atoms with E-state index in [-0.39, 0.29) is 16.3 Å². The van der Waals surface area contributed by atoms with Crippen LogP contribution in [0.1, 0.15) is 21.9 Å². The van der Waals surface area contributed by atoms with Crippen LogP contribution in [0.3, 0.4) is 0 Å². The summed E-state index contributed by atoms with van der Waals surface area (Å²) in [6.07, 6.45) is 0. The molecule has 0 fully saturated rings. The first-order valence-corrected chi connectivity index (χ1v) is 9.19. The van der Waals surface area contributed by atoms with Crippen LogP contribution in [0.25, 0.3) is 5.65 Å². The van der Waals surface area contributed by atoms with Gasteiger partial charge < -0.3 is 4.74 Å². The highest BCUT2D eigenvalue weighted by Gasteiger charge is 2.25. The molecule has 0 spiro atoms. The Hall–Kier alpha value is -2.72. The van der Waals surface area contributed by atoms with E-state index >= 15 is 0 Å². The lowest BCUT2D eigenvalue weighted by Gasteiger charge is -2.11. The number of sulfonamides is 1. The van der Waals surface area contributed by atoms with E-state index in [0.29, 0.717) is 17.2 Å². The topological polar surface area (TPSA) is 116 Å². The van der Waals surface area contributed by atoms with Crippen molar-refractivity contribution in [2.45, 2.75) is 19.0 Å². The van der Waals surface area contributed by atoms with Crippen LogP contribution in [-0.2, 0) is 14.8 Å². The number of nitrogens with one attached hydrogen (secondary N) is 1. The van der Waals surface area contributed by atoms with Gasteiger partial charge in [-0.2, -0.15) is 17.9 Å². The average Bonchev–Trinajstić information content (AvgIpc) is 3.01. The molecule has 0 atom stereocenters. The number of aromatic nitrogens is 4. The SMILES string of the molecule is COC(=O)c1cccc(Cl)c1NS(=O)(=O)c1nc2cc(C)nc(C)n2n1. The number of ether oxygens (including phenoxy) is 1. The van der Waals surface area contributed by atoms with Gasteiger partial charge in [0.05, 0.1) is 23.4 Å². The summed E-state index contributed by atoms with van der Waals surface area (Å²) < 4.78 is 33.6. The van der Waals surface area contributed by atoms with Crippen LogP contribution < -0.4 is 4.72 Å². The third-order valence-electron chi connectivity index (χ3n) is 3.49. The third kappa shape index (κ3) is 3.20. The lowest BCUT2D eigenvalue weighted by molar-refractivity contribution is 0.0602. The number of nitrogens with zero attached hydrogens (tertiary/aromatic N) is 4. The first-order chi connectivity index (χ1) is 12.2. The molecule has 0 bridgehead atoms. The molecule has 11 heteroatoms. The van der Waals surface area contributed by atoms with Crippen molar-refractivity contribution < 1.29 is 17.9 Å². The van der Waals surface area contributed by atoms with E-state index in [4.69, 9.17) is 11.6 Å². The second-order valence-electron chi connectivity index (χ2n) is 5.37. The molecule has 26 heavy (non-hydrogen) atoms. The molecule has 2 aromatic heterocycles. The molecule has 0 saturated heterocycles. The van der Waals surface area contributed by atoms with E-state index < -0.39 is 21.1 Å². The normalized spacial score (nSPS) is 11.5. The predicted octanol–water partition coefficient (Wildman–Crippen LogP) is 1.98. The summed E-state index contributed by atoms with van der Waals surface area (Å²) in [7, 11) is -3.02. The number of fused-ring (bicyclic) bond motifs is 1. The highest BCUT2D eigenvalue weighted by atomic mass is 35.5. The number of esters is 1. The fourth-order valence-corrected chi connectivity index (χ4v) is 3.62. The average molecular weight is 396 g/mol. The Morgan fingerprint density at radius 1 is 1.27 bits per heavy atom. The minimum absolute atomic E-state index is 0.0268. The molecule has 0 aliphatic carbocycles. The largest absolute Gasteiger partial charge is 0.465 e. The Balaban J connectivity index is 2.08. The van der Waals surface area contributed by atoms with Gasteiger partial charge in [-0.1, -0.05) is 17.7 Å². The Labute approximate surface area is 154 Å². The Morgan fingerprint density at radius 2 is 2.00 bits per heavy atom.